The largest absolute Gasteiger partial charge is 0.511 e. The molecule has 0 unspecified atom stereocenters. The van der Waals surface area contributed by atoms with Crippen molar-refractivity contribution in [1.29, 1.82) is 0 Å². The Morgan fingerprint density at radius 1 is 1.03 bits per heavy atom. The van der Waals surface area contributed by atoms with Crippen LogP contribution < -0.4 is 14.3 Å². The maximum absolute atomic E-state index is 11.6. The minimum atomic E-state index is -1.40. The number of H-pyrrole nitrogens is 1. The van der Waals surface area contributed by atoms with Crippen molar-refractivity contribution in [2.45, 2.75) is 13.5 Å². The molecule has 9 nitrogen and oxygen atoms in total. The van der Waals surface area contributed by atoms with Crippen molar-refractivity contribution in [3.8, 4) is 34.3 Å². The summed E-state index contributed by atoms with van der Waals surface area (Å²) in [6.45, 7) is 2.67. The third-order valence-electron chi connectivity index (χ3n) is 5.39. The highest BCUT2D eigenvalue weighted by Crippen LogP contribution is 2.33. The number of carbonyl (C=O) groups is 1. The van der Waals surface area contributed by atoms with E-state index < -0.39 is 6.16 Å². The molecule has 3 aromatic carbocycles. The van der Waals surface area contributed by atoms with E-state index in [0.29, 0.717) is 36.0 Å². The second kappa shape index (κ2) is 9.43. The number of benzene rings is 3. The Morgan fingerprint density at radius 3 is 2.49 bits per heavy atom. The number of nitrogens with zero attached hydrogens (tertiary/aromatic N) is 3. The number of rotatable bonds is 7. The van der Waals surface area contributed by atoms with E-state index >= 15 is 0 Å². The maximum atomic E-state index is 11.6. The minimum Gasteiger partial charge on any atom is -0.465 e. The van der Waals surface area contributed by atoms with Crippen LogP contribution >= 0.6 is 11.5 Å². The zero-order valence-electron chi connectivity index (χ0n) is 18.6. The van der Waals surface area contributed by atoms with Crippen LogP contribution in [0, 0.1) is 0 Å². The van der Waals surface area contributed by atoms with Gasteiger partial charge in [-0.1, -0.05) is 54.6 Å². The molecule has 2 aromatic heterocycles. The molecule has 0 radical (unpaired) electrons. The van der Waals surface area contributed by atoms with Gasteiger partial charge in [0.1, 0.15) is 5.52 Å². The van der Waals surface area contributed by atoms with E-state index in [1.54, 1.807) is 22.8 Å². The van der Waals surface area contributed by atoms with Gasteiger partial charge >= 0.3 is 11.0 Å². The lowest BCUT2D eigenvalue weighted by Crippen LogP contribution is -2.08. The highest BCUT2D eigenvalue weighted by atomic mass is 32.1. The summed E-state index contributed by atoms with van der Waals surface area (Å²) in [5.74, 6) is 0.730. The van der Waals surface area contributed by atoms with Crippen LogP contribution in [-0.4, -0.2) is 36.8 Å². The summed E-state index contributed by atoms with van der Waals surface area (Å²) < 4.78 is 15.5. The molecule has 35 heavy (non-hydrogen) atoms. The van der Waals surface area contributed by atoms with E-state index in [-0.39, 0.29) is 10.6 Å². The molecule has 0 fully saturated rings. The van der Waals surface area contributed by atoms with Crippen LogP contribution in [0.1, 0.15) is 12.5 Å². The Kier molecular flexibility index (Phi) is 6.02. The van der Waals surface area contributed by atoms with Gasteiger partial charge in [0.2, 0.25) is 0 Å². The smallest absolute Gasteiger partial charge is 0.465 e. The molecule has 0 aliphatic heterocycles. The fraction of sp³-hybridized carbons (Fsp3) is 0.120. The lowest BCUT2D eigenvalue weighted by molar-refractivity contribution is 0.145. The van der Waals surface area contributed by atoms with Gasteiger partial charge in [0.15, 0.2) is 11.6 Å². The molecule has 0 amide bonds. The molecular formula is C25H20N4O5S. The quantitative estimate of drug-likeness (QED) is 0.244. The molecule has 0 saturated carbocycles. The summed E-state index contributed by atoms with van der Waals surface area (Å²) in [6, 6.07) is 21.1. The Hall–Kier alpha value is -4.44. The van der Waals surface area contributed by atoms with Crippen LogP contribution in [0.5, 0.6) is 11.8 Å². The molecule has 10 heteroatoms. The fourth-order valence-corrected chi connectivity index (χ4v) is 4.43. The van der Waals surface area contributed by atoms with E-state index in [4.69, 9.17) is 14.6 Å². The van der Waals surface area contributed by atoms with Crippen molar-refractivity contribution < 1.29 is 19.4 Å². The first-order valence-electron chi connectivity index (χ1n) is 10.8. The zero-order chi connectivity index (χ0) is 24.4. The molecule has 0 saturated heterocycles. The topological polar surface area (TPSA) is 119 Å². The van der Waals surface area contributed by atoms with Crippen LogP contribution in [0.2, 0.25) is 0 Å². The maximum Gasteiger partial charge on any atom is 0.511 e. The average Bonchev–Trinajstić information content (AvgIpc) is 3.44. The molecule has 0 spiro atoms. The van der Waals surface area contributed by atoms with Gasteiger partial charge in [-0.15, -0.1) is 0 Å². The molecule has 0 atom stereocenters. The first kappa shape index (κ1) is 22.4. The predicted octanol–water partition coefficient (Wildman–Crippen LogP) is 5.02. The van der Waals surface area contributed by atoms with Crippen molar-refractivity contribution in [2.75, 3.05) is 6.61 Å². The Bertz CT molecular complexity index is 1570. The van der Waals surface area contributed by atoms with Crippen molar-refractivity contribution in [3.05, 3.63) is 82.0 Å². The number of imidazole rings is 1. The number of aromatic nitrogens is 4. The highest BCUT2D eigenvalue weighted by molar-refractivity contribution is 7.03. The molecule has 2 N–H and O–H groups in total. The van der Waals surface area contributed by atoms with Crippen molar-refractivity contribution in [3.63, 3.8) is 0 Å². The predicted molar refractivity (Wildman–Crippen MR) is 132 cm³/mol. The first-order valence-corrected chi connectivity index (χ1v) is 11.6. The monoisotopic (exact) mass is 488 g/mol. The second-order valence-corrected chi connectivity index (χ2v) is 8.34. The number of hydrogen-bond acceptors (Lipinski definition) is 7. The summed E-state index contributed by atoms with van der Waals surface area (Å²) in [6.07, 6.45) is -1.40. The third kappa shape index (κ3) is 4.51. The number of fused-ring (bicyclic) bond motifs is 1. The molecule has 5 aromatic rings. The van der Waals surface area contributed by atoms with Gasteiger partial charge in [0.05, 0.1) is 18.7 Å². The Morgan fingerprint density at radius 2 is 1.80 bits per heavy atom. The van der Waals surface area contributed by atoms with Gasteiger partial charge in [0, 0.05) is 17.1 Å². The number of hydrogen-bond donors (Lipinski definition) is 2. The van der Waals surface area contributed by atoms with Gasteiger partial charge in [0.25, 0.3) is 6.01 Å². The molecule has 0 aliphatic rings. The molecule has 5 rings (SSSR count). The average molecular weight is 489 g/mol. The number of aromatic amines is 1. The number of para-hydroxylation sites is 1. The SMILES string of the molecule is CCOc1nc2cccc(OC(=O)O)c2n1Cc1ccc(-c2ccccc2-c2nc(=O)s[nH]2)cc1. The van der Waals surface area contributed by atoms with Crippen molar-refractivity contribution in [2.24, 2.45) is 0 Å². The van der Waals surface area contributed by atoms with Crippen LogP contribution in [0.3, 0.4) is 0 Å². The van der Waals surface area contributed by atoms with Crippen molar-refractivity contribution >= 4 is 28.7 Å². The molecule has 2 heterocycles. The highest BCUT2D eigenvalue weighted by Gasteiger charge is 2.18. The van der Waals surface area contributed by atoms with E-state index in [1.165, 1.54) is 0 Å². The third-order valence-corrected chi connectivity index (χ3v) is 5.95. The van der Waals surface area contributed by atoms with E-state index in [2.05, 4.69) is 14.3 Å². The molecule has 0 bridgehead atoms. The fourth-order valence-electron chi connectivity index (χ4n) is 3.95. The van der Waals surface area contributed by atoms with Crippen LogP contribution in [0.25, 0.3) is 33.5 Å². The van der Waals surface area contributed by atoms with Crippen LogP contribution in [0.4, 0.5) is 4.79 Å². The van der Waals surface area contributed by atoms with Gasteiger partial charge in [-0.3, -0.25) is 13.7 Å². The summed E-state index contributed by atoms with van der Waals surface area (Å²) >= 11 is 0.959. The molecular weight excluding hydrogens is 468 g/mol. The lowest BCUT2D eigenvalue weighted by Gasteiger charge is -2.12. The second-order valence-electron chi connectivity index (χ2n) is 7.58. The molecule has 0 aliphatic carbocycles. The van der Waals surface area contributed by atoms with E-state index in [1.807, 2.05) is 55.5 Å². The van der Waals surface area contributed by atoms with E-state index in [9.17, 15) is 9.59 Å². The summed E-state index contributed by atoms with van der Waals surface area (Å²) in [4.78, 5) is 31.1. The standard InChI is InChI=1S/C25H20N4O5S/c1-2-33-23-26-19-8-5-9-20(34-25(31)32)21(19)29(23)14-15-10-12-16(13-11-15)17-6-3-4-7-18(17)22-27-24(30)35-28-22/h3-13H,2,14H2,1H3,(H,31,32)(H,27,28,30). The minimum absolute atomic E-state index is 0.191. The summed E-state index contributed by atoms with van der Waals surface area (Å²) in [5.41, 5.74) is 4.83. The van der Waals surface area contributed by atoms with Crippen LogP contribution in [-0.2, 0) is 6.54 Å². The van der Waals surface area contributed by atoms with Gasteiger partial charge in [-0.25, -0.2) is 4.79 Å². The van der Waals surface area contributed by atoms with Crippen molar-refractivity contribution in [1.82, 2.24) is 18.9 Å². The number of nitrogens with one attached hydrogen (secondary N) is 1. The van der Waals surface area contributed by atoms with E-state index in [0.717, 1.165) is 33.8 Å². The molecule has 176 valence electrons. The van der Waals surface area contributed by atoms with Crippen LogP contribution in [0.15, 0.2) is 71.5 Å². The lowest BCUT2D eigenvalue weighted by atomic mass is 9.98. The number of ether oxygens (including phenoxy) is 2. The Balaban J connectivity index is 1.51. The normalized spacial score (nSPS) is 11.0. The summed E-state index contributed by atoms with van der Waals surface area (Å²) in [5, 5.41) is 9.16. The van der Waals surface area contributed by atoms with Gasteiger partial charge in [-0.05, 0) is 35.7 Å². The Labute approximate surface area is 203 Å². The zero-order valence-corrected chi connectivity index (χ0v) is 19.4. The number of carboxylic acid groups (broad SMARTS) is 1. The van der Waals surface area contributed by atoms with Gasteiger partial charge in [-0.2, -0.15) is 9.97 Å². The van der Waals surface area contributed by atoms with Gasteiger partial charge < -0.3 is 14.6 Å². The summed E-state index contributed by atoms with van der Waals surface area (Å²) in [7, 11) is 0. The first-order chi connectivity index (χ1) is 17.0.